The maximum Gasteiger partial charge on any atom is 0.229 e. The van der Waals surface area contributed by atoms with Crippen LogP contribution in [0, 0.1) is 12.3 Å². The number of aryl methyl sites for hydroxylation is 1. The molecule has 0 spiro atoms. The number of nitrogens with one attached hydrogen (secondary N) is 2. The Kier molecular flexibility index (Phi) is 5.63. The van der Waals surface area contributed by atoms with Crippen molar-refractivity contribution in [2.75, 3.05) is 23.8 Å². The minimum absolute atomic E-state index is 0.00991. The Morgan fingerprint density at radius 3 is 2.65 bits per heavy atom. The maximum absolute atomic E-state index is 12.1. The van der Waals surface area contributed by atoms with E-state index in [0.717, 1.165) is 48.1 Å². The molecule has 0 unspecified atom stereocenters. The van der Waals surface area contributed by atoms with Crippen molar-refractivity contribution in [2.45, 2.75) is 46.6 Å². The minimum atomic E-state index is -0.409. The van der Waals surface area contributed by atoms with E-state index >= 15 is 0 Å². The van der Waals surface area contributed by atoms with Crippen molar-refractivity contribution in [3.05, 3.63) is 29.1 Å². The highest BCUT2D eigenvalue weighted by molar-refractivity contribution is 7.16. The number of carbonyl (C=O) groups excluding carboxylic acids is 1. The van der Waals surface area contributed by atoms with Gasteiger partial charge in [0, 0.05) is 34.7 Å². The van der Waals surface area contributed by atoms with Gasteiger partial charge in [-0.1, -0.05) is 32.9 Å². The second-order valence-corrected chi connectivity index (χ2v) is 8.92. The third-order valence-electron chi connectivity index (χ3n) is 4.40. The van der Waals surface area contributed by atoms with Gasteiger partial charge < -0.3 is 15.4 Å². The summed E-state index contributed by atoms with van der Waals surface area (Å²) in [5.41, 5.74) is 2.43. The molecule has 1 saturated heterocycles. The number of rotatable bonds is 5. The van der Waals surface area contributed by atoms with Gasteiger partial charge in [-0.2, -0.15) is 0 Å². The number of carbonyl (C=O) groups is 1. The van der Waals surface area contributed by atoms with Crippen molar-refractivity contribution in [3.8, 4) is 11.3 Å². The third-order valence-corrected chi connectivity index (χ3v) is 5.33. The summed E-state index contributed by atoms with van der Waals surface area (Å²) < 4.78 is 5.64. The minimum Gasteiger partial charge on any atom is -0.376 e. The molecule has 2 heterocycles. The number of benzene rings is 1. The van der Waals surface area contributed by atoms with Crippen LogP contribution in [0.25, 0.3) is 11.3 Å². The van der Waals surface area contributed by atoms with E-state index < -0.39 is 5.41 Å². The van der Waals surface area contributed by atoms with E-state index in [1.165, 1.54) is 4.88 Å². The Bertz CT molecular complexity index is 756. The summed E-state index contributed by atoms with van der Waals surface area (Å²) >= 11 is 1.66. The summed E-state index contributed by atoms with van der Waals surface area (Å²) in [5.74, 6) is 0.00991. The van der Waals surface area contributed by atoms with Crippen molar-refractivity contribution in [3.63, 3.8) is 0 Å². The molecular weight excluding hydrogens is 346 g/mol. The fraction of sp³-hybridized carbons (Fsp3) is 0.500. The molecular formula is C20H27N3O2S. The molecule has 2 N–H and O–H groups in total. The second kappa shape index (κ2) is 7.76. The van der Waals surface area contributed by atoms with Gasteiger partial charge in [-0.25, -0.2) is 4.98 Å². The predicted molar refractivity (Wildman–Crippen MR) is 108 cm³/mol. The van der Waals surface area contributed by atoms with E-state index in [-0.39, 0.29) is 5.91 Å². The summed E-state index contributed by atoms with van der Waals surface area (Å²) in [5, 5.41) is 7.27. The monoisotopic (exact) mass is 373 g/mol. The number of amides is 1. The molecule has 140 valence electrons. The predicted octanol–water partition coefficient (Wildman–Crippen LogP) is 4.69. The van der Waals surface area contributed by atoms with Gasteiger partial charge in [-0.15, -0.1) is 11.3 Å². The number of anilines is 2. The van der Waals surface area contributed by atoms with Gasteiger partial charge in [0.2, 0.25) is 5.91 Å². The van der Waals surface area contributed by atoms with Crippen LogP contribution in [0.1, 0.15) is 38.5 Å². The van der Waals surface area contributed by atoms with Crippen LogP contribution in [-0.4, -0.2) is 30.1 Å². The molecule has 1 aliphatic rings. The Morgan fingerprint density at radius 1 is 1.31 bits per heavy atom. The molecule has 1 aliphatic heterocycles. The smallest absolute Gasteiger partial charge is 0.229 e. The van der Waals surface area contributed by atoms with Crippen LogP contribution in [-0.2, 0) is 9.53 Å². The zero-order chi connectivity index (χ0) is 18.7. The van der Waals surface area contributed by atoms with Crippen molar-refractivity contribution >= 4 is 28.1 Å². The Balaban J connectivity index is 1.66. The van der Waals surface area contributed by atoms with Gasteiger partial charge in [0.25, 0.3) is 0 Å². The van der Waals surface area contributed by atoms with E-state index in [1.54, 1.807) is 11.3 Å². The van der Waals surface area contributed by atoms with Crippen molar-refractivity contribution < 1.29 is 9.53 Å². The van der Waals surface area contributed by atoms with Gasteiger partial charge in [-0.05, 0) is 31.9 Å². The number of aromatic nitrogens is 1. The van der Waals surface area contributed by atoms with Gasteiger partial charge in [-0.3, -0.25) is 4.79 Å². The van der Waals surface area contributed by atoms with Crippen molar-refractivity contribution in [2.24, 2.45) is 5.41 Å². The van der Waals surface area contributed by atoms with Crippen LogP contribution in [0.3, 0.4) is 0 Å². The molecule has 1 aromatic heterocycles. The molecule has 0 saturated carbocycles. The van der Waals surface area contributed by atoms with Crippen LogP contribution < -0.4 is 10.6 Å². The Hall–Kier alpha value is -1.92. The van der Waals surface area contributed by atoms with Crippen LogP contribution in [0.5, 0.6) is 0 Å². The largest absolute Gasteiger partial charge is 0.376 e. The molecule has 6 heteroatoms. The lowest BCUT2D eigenvalue weighted by Crippen LogP contribution is -2.27. The van der Waals surface area contributed by atoms with Gasteiger partial charge in [0.1, 0.15) is 0 Å². The van der Waals surface area contributed by atoms with E-state index in [1.807, 2.05) is 45.0 Å². The van der Waals surface area contributed by atoms with Gasteiger partial charge >= 0.3 is 0 Å². The van der Waals surface area contributed by atoms with Crippen LogP contribution in [0.2, 0.25) is 0 Å². The summed E-state index contributed by atoms with van der Waals surface area (Å²) in [4.78, 5) is 18.0. The first kappa shape index (κ1) is 18.9. The average Bonchev–Trinajstić information content (AvgIpc) is 3.22. The molecule has 5 nitrogen and oxygen atoms in total. The summed E-state index contributed by atoms with van der Waals surface area (Å²) in [6, 6.07) is 7.86. The average molecular weight is 374 g/mol. The lowest BCUT2D eigenvalue weighted by molar-refractivity contribution is -0.123. The number of hydrogen-bond donors (Lipinski definition) is 2. The highest BCUT2D eigenvalue weighted by Crippen LogP contribution is 2.31. The van der Waals surface area contributed by atoms with E-state index in [9.17, 15) is 4.79 Å². The molecule has 0 aliphatic carbocycles. The third kappa shape index (κ3) is 4.62. The molecule has 1 amide bonds. The molecule has 1 fully saturated rings. The molecule has 1 aromatic carbocycles. The summed E-state index contributed by atoms with van der Waals surface area (Å²) in [6.07, 6.45) is 2.56. The molecule has 0 radical (unpaired) electrons. The lowest BCUT2D eigenvalue weighted by atomic mass is 9.95. The molecule has 0 bridgehead atoms. The van der Waals surface area contributed by atoms with E-state index in [2.05, 4.69) is 17.6 Å². The fourth-order valence-electron chi connectivity index (χ4n) is 2.78. The van der Waals surface area contributed by atoms with E-state index in [4.69, 9.17) is 9.72 Å². The number of ether oxygens (including phenoxy) is 1. The van der Waals surface area contributed by atoms with Crippen molar-refractivity contribution in [1.29, 1.82) is 0 Å². The number of hydrogen-bond acceptors (Lipinski definition) is 5. The first-order chi connectivity index (χ1) is 12.3. The lowest BCUT2D eigenvalue weighted by Gasteiger charge is -2.17. The SMILES string of the molecule is Cc1sc(NC[C@H]2CCCO2)nc1-c1ccc(NC(=O)C(C)(C)C)cc1. The maximum atomic E-state index is 12.1. The molecule has 3 rings (SSSR count). The first-order valence-electron chi connectivity index (χ1n) is 9.08. The Morgan fingerprint density at radius 2 is 2.04 bits per heavy atom. The van der Waals surface area contributed by atoms with Gasteiger partial charge in [0.15, 0.2) is 5.13 Å². The normalized spacial score (nSPS) is 17.3. The highest BCUT2D eigenvalue weighted by atomic mass is 32.1. The number of thiazole rings is 1. The standard InChI is InChI=1S/C20H27N3O2S/c1-13-17(23-19(26-13)21-12-16-6-5-11-25-16)14-7-9-15(10-8-14)22-18(24)20(2,3)4/h7-10,16H,5-6,11-12H2,1-4H3,(H,21,23)(H,22,24)/t16-/m1/s1. The fourth-order valence-corrected chi connectivity index (χ4v) is 3.62. The molecule has 2 aromatic rings. The first-order valence-corrected chi connectivity index (χ1v) is 9.89. The Labute approximate surface area is 159 Å². The number of nitrogens with zero attached hydrogens (tertiary/aromatic N) is 1. The zero-order valence-corrected chi connectivity index (χ0v) is 16.7. The van der Waals surface area contributed by atoms with Crippen molar-refractivity contribution in [1.82, 2.24) is 4.98 Å². The topological polar surface area (TPSA) is 63.2 Å². The van der Waals surface area contributed by atoms with Gasteiger partial charge in [0.05, 0.1) is 11.8 Å². The van der Waals surface area contributed by atoms with Crippen LogP contribution >= 0.6 is 11.3 Å². The molecule has 1 atom stereocenters. The second-order valence-electron chi connectivity index (χ2n) is 7.72. The quantitative estimate of drug-likeness (QED) is 0.798. The summed E-state index contributed by atoms with van der Waals surface area (Å²) in [7, 11) is 0. The molecule has 26 heavy (non-hydrogen) atoms. The highest BCUT2D eigenvalue weighted by Gasteiger charge is 2.21. The van der Waals surface area contributed by atoms with Crippen LogP contribution in [0.4, 0.5) is 10.8 Å². The van der Waals surface area contributed by atoms with E-state index in [0.29, 0.717) is 6.10 Å². The summed E-state index contributed by atoms with van der Waals surface area (Å²) in [6.45, 7) is 9.47. The van der Waals surface area contributed by atoms with Crippen LogP contribution in [0.15, 0.2) is 24.3 Å². The zero-order valence-electron chi connectivity index (χ0n) is 15.9.